The van der Waals surface area contributed by atoms with E-state index in [9.17, 15) is 4.79 Å². The molecule has 2 saturated heterocycles. The van der Waals surface area contributed by atoms with E-state index in [1.165, 1.54) is 0 Å². The van der Waals surface area contributed by atoms with Gasteiger partial charge in [0, 0.05) is 45.7 Å². The molecule has 0 aliphatic carbocycles. The lowest BCUT2D eigenvalue weighted by molar-refractivity contribution is 0.0626. The van der Waals surface area contributed by atoms with Crippen LogP contribution in [0.3, 0.4) is 0 Å². The molecule has 3 heterocycles. The van der Waals surface area contributed by atoms with Gasteiger partial charge in [0.15, 0.2) is 0 Å². The number of hydrogen-bond donors (Lipinski definition) is 0. The van der Waals surface area contributed by atoms with E-state index in [-0.39, 0.29) is 11.7 Å². The largest absolute Gasteiger partial charge is 0.439 e. The van der Waals surface area contributed by atoms with Crippen LogP contribution in [0.5, 0.6) is 0 Å². The quantitative estimate of drug-likeness (QED) is 0.826. The second-order valence-corrected chi connectivity index (χ2v) is 5.69. The fourth-order valence-corrected chi connectivity index (χ4v) is 3.00. The summed E-state index contributed by atoms with van der Waals surface area (Å²) < 4.78 is 5.55. The number of likely N-dealkylation sites (tertiary alicyclic amines) is 1. The van der Waals surface area contributed by atoms with Crippen molar-refractivity contribution in [3.63, 3.8) is 0 Å². The minimum atomic E-state index is -0.313. The molecule has 0 aromatic carbocycles. The van der Waals surface area contributed by atoms with Gasteiger partial charge in [-0.3, -0.25) is 4.90 Å². The first-order valence-electron chi connectivity index (χ1n) is 7.07. The molecule has 3 rings (SSSR count). The van der Waals surface area contributed by atoms with E-state index in [0.29, 0.717) is 6.54 Å². The second kappa shape index (κ2) is 5.01. The van der Waals surface area contributed by atoms with Crippen molar-refractivity contribution in [3.8, 4) is 0 Å². The average Bonchev–Trinajstić information content (AvgIpc) is 2.93. The molecule has 20 heavy (non-hydrogen) atoms. The fourth-order valence-electron chi connectivity index (χ4n) is 3.00. The molecule has 0 bridgehead atoms. The number of aryl methyl sites for hydroxylation is 1. The number of nitrogens with zero attached hydrogens (tertiary/aromatic N) is 4. The van der Waals surface area contributed by atoms with Crippen LogP contribution in [0.15, 0.2) is 12.3 Å². The van der Waals surface area contributed by atoms with E-state index in [2.05, 4.69) is 21.8 Å². The third-order valence-electron chi connectivity index (χ3n) is 4.00. The first-order valence-corrected chi connectivity index (χ1v) is 7.07. The molecule has 2 aliphatic heterocycles. The predicted molar refractivity (Wildman–Crippen MR) is 73.1 cm³/mol. The van der Waals surface area contributed by atoms with E-state index < -0.39 is 0 Å². The number of rotatable bonds is 3. The van der Waals surface area contributed by atoms with Gasteiger partial charge < -0.3 is 9.64 Å². The molecule has 1 atom stereocenters. The highest BCUT2D eigenvalue weighted by Crippen LogP contribution is 2.32. The standard InChI is InChI=1S/C14H20N4O2/c1-3-12-15-6-4-11(16-12)8-18-7-5-14(10-18)9-17(2)13(19)20-14/h4,6H,3,5,7-10H2,1-2H3/t14-/m0/s1. The topological polar surface area (TPSA) is 58.6 Å². The summed E-state index contributed by atoms with van der Waals surface area (Å²) in [5.74, 6) is 0.878. The van der Waals surface area contributed by atoms with E-state index in [0.717, 1.165) is 44.0 Å². The minimum absolute atomic E-state index is 0.206. The summed E-state index contributed by atoms with van der Waals surface area (Å²) in [6.07, 6.45) is 3.35. The number of ether oxygens (including phenoxy) is 1. The number of hydrogen-bond acceptors (Lipinski definition) is 5. The van der Waals surface area contributed by atoms with Crippen LogP contribution in [-0.4, -0.2) is 58.1 Å². The Bertz CT molecular complexity index is 522. The first kappa shape index (κ1) is 13.3. The molecule has 108 valence electrons. The number of carbonyl (C=O) groups excluding carboxylic acids is 1. The maximum absolute atomic E-state index is 11.5. The van der Waals surface area contributed by atoms with E-state index in [1.54, 1.807) is 11.9 Å². The summed E-state index contributed by atoms with van der Waals surface area (Å²) in [4.78, 5) is 24.3. The van der Waals surface area contributed by atoms with Crippen LogP contribution in [0.4, 0.5) is 4.79 Å². The molecule has 1 amide bonds. The van der Waals surface area contributed by atoms with E-state index in [4.69, 9.17) is 4.74 Å². The van der Waals surface area contributed by atoms with E-state index in [1.807, 2.05) is 12.3 Å². The number of amides is 1. The lowest BCUT2D eigenvalue weighted by Crippen LogP contribution is -2.37. The second-order valence-electron chi connectivity index (χ2n) is 5.69. The number of aromatic nitrogens is 2. The van der Waals surface area contributed by atoms with Crippen molar-refractivity contribution in [1.29, 1.82) is 0 Å². The molecular formula is C14H20N4O2. The van der Waals surface area contributed by atoms with Gasteiger partial charge in [-0.25, -0.2) is 14.8 Å². The van der Waals surface area contributed by atoms with Crippen molar-refractivity contribution in [2.24, 2.45) is 0 Å². The highest BCUT2D eigenvalue weighted by molar-refractivity contribution is 5.70. The van der Waals surface area contributed by atoms with Crippen LogP contribution in [0, 0.1) is 0 Å². The maximum atomic E-state index is 11.5. The highest BCUT2D eigenvalue weighted by atomic mass is 16.6. The molecule has 1 aromatic heterocycles. The third kappa shape index (κ3) is 2.47. The summed E-state index contributed by atoms with van der Waals surface area (Å²) in [5.41, 5.74) is 0.721. The zero-order valence-electron chi connectivity index (χ0n) is 12.0. The van der Waals surface area contributed by atoms with Crippen molar-refractivity contribution in [2.45, 2.75) is 31.9 Å². The summed E-state index contributed by atoms with van der Waals surface area (Å²) in [6, 6.07) is 1.96. The lowest BCUT2D eigenvalue weighted by atomic mass is 10.0. The van der Waals surface area contributed by atoms with Gasteiger partial charge >= 0.3 is 6.09 Å². The molecule has 1 aromatic rings. The Labute approximate surface area is 118 Å². The van der Waals surface area contributed by atoms with Crippen LogP contribution in [0.1, 0.15) is 24.9 Å². The van der Waals surface area contributed by atoms with Crippen LogP contribution < -0.4 is 0 Å². The Morgan fingerprint density at radius 3 is 3.00 bits per heavy atom. The molecule has 6 heteroatoms. The van der Waals surface area contributed by atoms with E-state index >= 15 is 0 Å². The molecule has 2 fully saturated rings. The molecule has 0 radical (unpaired) electrons. The zero-order valence-corrected chi connectivity index (χ0v) is 12.0. The number of carbonyl (C=O) groups is 1. The zero-order chi connectivity index (χ0) is 14.2. The van der Waals surface area contributed by atoms with Crippen LogP contribution in [-0.2, 0) is 17.7 Å². The summed E-state index contributed by atoms with van der Waals surface area (Å²) in [7, 11) is 1.79. The number of likely N-dealkylation sites (N-methyl/N-ethyl adjacent to an activating group) is 1. The van der Waals surface area contributed by atoms with Crippen molar-refractivity contribution in [1.82, 2.24) is 19.8 Å². The molecule has 6 nitrogen and oxygen atoms in total. The fraction of sp³-hybridized carbons (Fsp3) is 0.643. The lowest BCUT2D eigenvalue weighted by Gasteiger charge is -2.21. The average molecular weight is 276 g/mol. The smallest absolute Gasteiger partial charge is 0.410 e. The molecule has 0 N–H and O–H groups in total. The molecule has 1 spiro atoms. The third-order valence-corrected chi connectivity index (χ3v) is 4.00. The molecule has 2 aliphatic rings. The van der Waals surface area contributed by atoms with Gasteiger partial charge in [-0.2, -0.15) is 0 Å². The van der Waals surface area contributed by atoms with Gasteiger partial charge in [0.25, 0.3) is 0 Å². The van der Waals surface area contributed by atoms with Crippen molar-refractivity contribution >= 4 is 6.09 Å². The molecule has 0 unspecified atom stereocenters. The Morgan fingerprint density at radius 2 is 2.30 bits per heavy atom. The van der Waals surface area contributed by atoms with Crippen LogP contribution in [0.2, 0.25) is 0 Å². The minimum Gasteiger partial charge on any atom is -0.439 e. The Balaban J connectivity index is 1.64. The van der Waals surface area contributed by atoms with Gasteiger partial charge in [-0.1, -0.05) is 6.92 Å². The van der Waals surface area contributed by atoms with Crippen molar-refractivity contribution in [2.75, 3.05) is 26.7 Å². The molecular weight excluding hydrogens is 256 g/mol. The van der Waals surface area contributed by atoms with Crippen molar-refractivity contribution < 1.29 is 9.53 Å². The Hall–Kier alpha value is -1.69. The maximum Gasteiger partial charge on any atom is 0.410 e. The summed E-state index contributed by atoms with van der Waals surface area (Å²) >= 11 is 0. The first-order chi connectivity index (χ1) is 9.60. The SMILES string of the molecule is CCc1nccc(CN2CC[C@@]3(C2)CN(C)C(=O)O3)n1. The Morgan fingerprint density at radius 1 is 1.45 bits per heavy atom. The highest BCUT2D eigenvalue weighted by Gasteiger charge is 2.48. The van der Waals surface area contributed by atoms with Crippen LogP contribution >= 0.6 is 0 Å². The van der Waals surface area contributed by atoms with Gasteiger partial charge in [0.2, 0.25) is 0 Å². The Kier molecular flexibility index (Phi) is 3.33. The summed E-state index contributed by atoms with van der Waals surface area (Å²) in [5, 5.41) is 0. The van der Waals surface area contributed by atoms with Gasteiger partial charge in [0.1, 0.15) is 11.4 Å². The van der Waals surface area contributed by atoms with Crippen LogP contribution in [0.25, 0.3) is 0 Å². The monoisotopic (exact) mass is 276 g/mol. The predicted octanol–water partition coefficient (Wildman–Crippen LogP) is 1.07. The summed E-state index contributed by atoms with van der Waals surface area (Å²) in [6.45, 7) is 5.25. The normalized spacial score (nSPS) is 26.5. The van der Waals surface area contributed by atoms with Gasteiger partial charge in [-0.05, 0) is 6.07 Å². The molecule has 0 saturated carbocycles. The van der Waals surface area contributed by atoms with Gasteiger partial charge in [0.05, 0.1) is 12.2 Å². The van der Waals surface area contributed by atoms with Crippen molar-refractivity contribution in [3.05, 3.63) is 23.8 Å². The van der Waals surface area contributed by atoms with Gasteiger partial charge in [-0.15, -0.1) is 0 Å².